The highest BCUT2D eigenvalue weighted by Crippen LogP contribution is 2.30. The van der Waals surface area contributed by atoms with Gasteiger partial charge in [0.25, 0.3) is 0 Å². The number of hydrogen-bond donors (Lipinski definition) is 0. The van der Waals surface area contributed by atoms with Gasteiger partial charge in [0.2, 0.25) is 0 Å². The van der Waals surface area contributed by atoms with Crippen molar-refractivity contribution in [3.8, 4) is 11.5 Å². The Morgan fingerprint density at radius 1 is 1.36 bits per heavy atom. The Bertz CT molecular complexity index is 512. The summed E-state index contributed by atoms with van der Waals surface area (Å²) in [6.07, 6.45) is 0.380. The quantitative estimate of drug-likeness (QED) is 0.724. The summed E-state index contributed by atoms with van der Waals surface area (Å²) >= 11 is 0. The molecule has 0 spiro atoms. The molecule has 122 valence electrons. The average molecular weight is 312 g/mol. The van der Waals surface area contributed by atoms with Crippen LogP contribution in [-0.2, 0) is 20.7 Å². The molecule has 1 atom stereocenters. The summed E-state index contributed by atoms with van der Waals surface area (Å²) in [5.74, 6) is -0.480. The Morgan fingerprint density at radius 3 is 2.82 bits per heavy atom. The molecule has 1 heterocycles. The minimum atomic E-state index is -0.552. The molecule has 1 saturated heterocycles. The van der Waals surface area contributed by atoms with Crippen LogP contribution in [-0.4, -0.2) is 38.5 Å². The third-order valence-corrected chi connectivity index (χ3v) is 3.22. The van der Waals surface area contributed by atoms with E-state index < -0.39 is 11.8 Å². The summed E-state index contributed by atoms with van der Waals surface area (Å²) in [7, 11) is 0. The lowest BCUT2D eigenvalue weighted by atomic mass is 10.1. The molecule has 0 aromatic heterocycles. The third kappa shape index (κ3) is 4.34. The molecule has 0 bridgehead atoms. The van der Waals surface area contributed by atoms with Crippen LogP contribution >= 0.6 is 0 Å². The second-order valence-corrected chi connectivity index (χ2v) is 4.91. The number of hydrogen-bond acceptors (Lipinski definition) is 5. The summed E-state index contributed by atoms with van der Waals surface area (Å²) in [5, 5.41) is 0. The van der Waals surface area contributed by atoms with Gasteiger partial charge in [-0.2, -0.15) is 0 Å². The summed E-state index contributed by atoms with van der Waals surface area (Å²) in [6, 6.07) is 3.01. The number of rotatable bonds is 7. The van der Waals surface area contributed by atoms with Crippen LogP contribution in [0.3, 0.4) is 0 Å². The lowest BCUT2D eigenvalue weighted by Gasteiger charge is -2.16. The molecule has 1 aliphatic heterocycles. The molecular formula is C16H21FO5. The molecule has 0 N–H and O–H groups in total. The van der Waals surface area contributed by atoms with Gasteiger partial charge in [-0.1, -0.05) is 0 Å². The fraction of sp³-hybridized carbons (Fsp3) is 0.562. The zero-order valence-corrected chi connectivity index (χ0v) is 12.9. The van der Waals surface area contributed by atoms with Crippen LogP contribution in [0.25, 0.3) is 0 Å². The Labute approximate surface area is 129 Å². The van der Waals surface area contributed by atoms with E-state index in [1.807, 2.05) is 6.92 Å². The molecule has 6 heteroatoms. The van der Waals surface area contributed by atoms with E-state index in [1.165, 1.54) is 12.1 Å². The van der Waals surface area contributed by atoms with E-state index in [1.54, 1.807) is 6.92 Å². The smallest absolute Gasteiger partial charge is 0.310 e. The number of esters is 1. The van der Waals surface area contributed by atoms with Gasteiger partial charge >= 0.3 is 5.97 Å². The fourth-order valence-corrected chi connectivity index (χ4v) is 2.24. The van der Waals surface area contributed by atoms with Crippen LogP contribution in [0.2, 0.25) is 0 Å². The first-order valence-corrected chi connectivity index (χ1v) is 7.49. The van der Waals surface area contributed by atoms with Crippen molar-refractivity contribution in [2.45, 2.75) is 32.8 Å². The Hall–Kier alpha value is -1.82. The van der Waals surface area contributed by atoms with E-state index in [9.17, 15) is 9.18 Å². The van der Waals surface area contributed by atoms with Gasteiger partial charge in [0.15, 0.2) is 11.6 Å². The van der Waals surface area contributed by atoms with Crippen molar-refractivity contribution >= 4 is 5.97 Å². The molecule has 2 rings (SSSR count). The minimum Gasteiger partial charge on any atom is -0.494 e. The first-order chi connectivity index (χ1) is 10.6. The third-order valence-electron chi connectivity index (χ3n) is 3.22. The number of benzene rings is 1. The molecule has 0 saturated carbocycles. The summed E-state index contributed by atoms with van der Waals surface area (Å²) < 4.78 is 35.7. The Balaban J connectivity index is 2.22. The van der Waals surface area contributed by atoms with Gasteiger partial charge in [0, 0.05) is 18.1 Å². The monoisotopic (exact) mass is 312 g/mol. The fourth-order valence-electron chi connectivity index (χ4n) is 2.24. The number of carbonyl (C=O) groups excluding carboxylic acids is 1. The van der Waals surface area contributed by atoms with Crippen molar-refractivity contribution in [1.29, 1.82) is 0 Å². The average Bonchev–Trinajstić information content (AvgIpc) is 2.97. The second kappa shape index (κ2) is 7.98. The van der Waals surface area contributed by atoms with Gasteiger partial charge in [-0.25, -0.2) is 4.39 Å². The van der Waals surface area contributed by atoms with Crippen LogP contribution in [0.5, 0.6) is 11.5 Å². The Morgan fingerprint density at radius 2 is 2.18 bits per heavy atom. The molecule has 1 aromatic rings. The van der Waals surface area contributed by atoms with Crippen molar-refractivity contribution in [2.24, 2.45) is 0 Å². The minimum absolute atomic E-state index is 0.0840. The maximum atomic E-state index is 14.5. The molecule has 1 fully saturated rings. The lowest BCUT2D eigenvalue weighted by molar-refractivity contribution is -0.142. The standard InChI is InChI=1S/C16H21FO5/c1-3-20-13-7-11(8-15(18)21-4-2)16(17)14(9-13)22-12-5-6-19-10-12/h7,9,12H,3-6,8,10H2,1-2H3. The van der Waals surface area contributed by atoms with E-state index in [2.05, 4.69) is 0 Å². The van der Waals surface area contributed by atoms with Crippen molar-refractivity contribution < 1.29 is 28.1 Å². The van der Waals surface area contributed by atoms with E-state index in [4.69, 9.17) is 18.9 Å². The molecular weight excluding hydrogens is 291 g/mol. The van der Waals surface area contributed by atoms with E-state index in [0.29, 0.717) is 32.0 Å². The molecule has 22 heavy (non-hydrogen) atoms. The van der Waals surface area contributed by atoms with Crippen LogP contribution in [0.4, 0.5) is 4.39 Å². The Kier molecular flexibility index (Phi) is 6.00. The van der Waals surface area contributed by atoms with Gasteiger partial charge in [-0.3, -0.25) is 4.79 Å². The maximum absolute atomic E-state index is 14.5. The number of ether oxygens (including phenoxy) is 4. The van der Waals surface area contributed by atoms with Gasteiger partial charge in [-0.05, 0) is 19.9 Å². The predicted molar refractivity (Wildman–Crippen MR) is 77.8 cm³/mol. The SMILES string of the molecule is CCOC(=O)Cc1cc(OCC)cc(OC2CCOC2)c1F. The lowest BCUT2D eigenvalue weighted by Crippen LogP contribution is -2.17. The van der Waals surface area contributed by atoms with Gasteiger partial charge in [0.1, 0.15) is 11.9 Å². The van der Waals surface area contributed by atoms with E-state index >= 15 is 0 Å². The second-order valence-electron chi connectivity index (χ2n) is 4.91. The van der Waals surface area contributed by atoms with Crippen molar-refractivity contribution in [3.05, 3.63) is 23.5 Å². The largest absolute Gasteiger partial charge is 0.494 e. The highest BCUT2D eigenvalue weighted by Gasteiger charge is 2.22. The van der Waals surface area contributed by atoms with Crippen LogP contribution in [0, 0.1) is 5.82 Å². The summed E-state index contributed by atoms with van der Waals surface area (Å²) in [6.45, 7) is 5.28. The topological polar surface area (TPSA) is 54.0 Å². The van der Waals surface area contributed by atoms with Gasteiger partial charge < -0.3 is 18.9 Å². The molecule has 5 nitrogen and oxygen atoms in total. The van der Waals surface area contributed by atoms with Crippen LogP contribution < -0.4 is 9.47 Å². The van der Waals surface area contributed by atoms with Crippen LogP contribution in [0.1, 0.15) is 25.8 Å². The number of halogens is 1. The summed E-state index contributed by atoms with van der Waals surface area (Å²) in [4.78, 5) is 11.6. The maximum Gasteiger partial charge on any atom is 0.310 e. The van der Waals surface area contributed by atoms with Crippen molar-refractivity contribution in [1.82, 2.24) is 0 Å². The van der Waals surface area contributed by atoms with Gasteiger partial charge in [0.05, 0.1) is 32.8 Å². The first-order valence-electron chi connectivity index (χ1n) is 7.49. The highest BCUT2D eigenvalue weighted by atomic mass is 19.1. The van der Waals surface area contributed by atoms with E-state index in [0.717, 1.165) is 0 Å². The highest BCUT2D eigenvalue weighted by molar-refractivity contribution is 5.73. The predicted octanol–water partition coefficient (Wildman–Crippen LogP) is 2.50. The molecule has 0 aliphatic carbocycles. The molecule has 1 unspecified atom stereocenters. The normalized spacial score (nSPS) is 17.3. The van der Waals surface area contributed by atoms with Gasteiger partial charge in [-0.15, -0.1) is 0 Å². The molecule has 0 amide bonds. The van der Waals surface area contributed by atoms with Crippen molar-refractivity contribution in [3.63, 3.8) is 0 Å². The number of carbonyl (C=O) groups is 1. The van der Waals surface area contributed by atoms with Crippen molar-refractivity contribution in [2.75, 3.05) is 26.4 Å². The summed E-state index contributed by atoms with van der Waals surface area (Å²) in [5.41, 5.74) is 0.207. The van der Waals surface area contributed by atoms with E-state index in [-0.39, 0.29) is 30.4 Å². The molecule has 1 aliphatic rings. The molecule has 0 radical (unpaired) electrons. The zero-order chi connectivity index (χ0) is 15.9. The zero-order valence-electron chi connectivity index (χ0n) is 12.9. The molecule has 1 aromatic carbocycles. The first kappa shape index (κ1) is 16.5. The van der Waals surface area contributed by atoms with Crippen LogP contribution in [0.15, 0.2) is 12.1 Å².